The summed E-state index contributed by atoms with van der Waals surface area (Å²) in [4.78, 5) is 6.46. The minimum absolute atomic E-state index is 0.412. The van der Waals surface area contributed by atoms with Crippen LogP contribution in [-0.2, 0) is 13.1 Å². The number of nitrogens with one attached hydrogen (secondary N) is 2. The molecule has 1 aromatic carbocycles. The van der Waals surface area contributed by atoms with Gasteiger partial charge in [0.25, 0.3) is 0 Å². The molecule has 2 aromatic heterocycles. The van der Waals surface area contributed by atoms with E-state index in [1.54, 1.807) is 12.3 Å². The highest BCUT2D eigenvalue weighted by Crippen LogP contribution is 2.21. The van der Waals surface area contributed by atoms with Crippen molar-refractivity contribution >= 4 is 16.6 Å². The molecule has 0 aliphatic carbocycles. The number of pyridine rings is 1. The lowest BCUT2D eigenvalue weighted by atomic mass is 10.0. The van der Waals surface area contributed by atoms with Crippen molar-refractivity contribution in [1.82, 2.24) is 19.8 Å². The summed E-state index contributed by atoms with van der Waals surface area (Å²) in [7, 11) is 2.20. The van der Waals surface area contributed by atoms with E-state index >= 15 is 0 Å². The summed E-state index contributed by atoms with van der Waals surface area (Å²) in [5.74, 6) is 6.52. The van der Waals surface area contributed by atoms with Crippen LogP contribution < -0.4 is 10.6 Å². The first-order valence-corrected chi connectivity index (χ1v) is 11.3. The quantitative estimate of drug-likeness (QED) is 0.590. The maximum Gasteiger partial charge on any atom is 0.140 e. The lowest BCUT2D eigenvalue weighted by molar-refractivity contribution is 0.234. The van der Waals surface area contributed by atoms with Crippen LogP contribution in [0.3, 0.4) is 0 Å². The van der Waals surface area contributed by atoms with Crippen LogP contribution in [0.1, 0.15) is 36.7 Å². The molecule has 0 spiro atoms. The Bertz CT molecular complexity index is 1150. The molecule has 6 nitrogen and oxygen atoms in total. The van der Waals surface area contributed by atoms with E-state index in [0.29, 0.717) is 18.3 Å². The Morgan fingerprint density at radius 3 is 2.72 bits per heavy atom. The normalized spacial score (nSPS) is 14.7. The third kappa shape index (κ3) is 5.29. The van der Waals surface area contributed by atoms with Crippen LogP contribution in [-0.4, -0.2) is 47.2 Å². The Morgan fingerprint density at radius 1 is 1.16 bits per heavy atom. The molecule has 0 atom stereocenters. The van der Waals surface area contributed by atoms with Gasteiger partial charge in [-0.3, -0.25) is 0 Å². The molecule has 1 fully saturated rings. The molecule has 2 N–H and O–H groups in total. The maximum atomic E-state index is 8.83. The van der Waals surface area contributed by atoms with Gasteiger partial charge in [-0.15, -0.1) is 0 Å². The highest BCUT2D eigenvalue weighted by Gasteiger charge is 2.16. The van der Waals surface area contributed by atoms with Gasteiger partial charge in [-0.05, 0) is 81.7 Å². The van der Waals surface area contributed by atoms with Gasteiger partial charge in [0.15, 0.2) is 0 Å². The van der Waals surface area contributed by atoms with Crippen LogP contribution in [0.25, 0.3) is 10.9 Å². The highest BCUT2D eigenvalue weighted by atomic mass is 15.1. The highest BCUT2D eigenvalue weighted by molar-refractivity contribution is 5.83. The summed E-state index contributed by atoms with van der Waals surface area (Å²) >= 11 is 0. The summed E-state index contributed by atoms with van der Waals surface area (Å²) < 4.78 is 2.26. The van der Waals surface area contributed by atoms with E-state index in [2.05, 4.69) is 75.2 Å². The molecule has 4 rings (SSSR count). The average molecular weight is 427 g/mol. The predicted molar refractivity (Wildman–Crippen MR) is 129 cm³/mol. The second kappa shape index (κ2) is 10.3. The van der Waals surface area contributed by atoms with Crippen molar-refractivity contribution in [3.63, 3.8) is 0 Å². The lowest BCUT2D eigenvalue weighted by Crippen LogP contribution is -2.40. The van der Waals surface area contributed by atoms with Gasteiger partial charge in [0.1, 0.15) is 11.8 Å². The zero-order valence-electron chi connectivity index (χ0n) is 18.9. The molecule has 164 valence electrons. The lowest BCUT2D eigenvalue weighted by Gasteiger charge is -2.29. The van der Waals surface area contributed by atoms with Gasteiger partial charge in [-0.25, -0.2) is 4.98 Å². The smallest absolute Gasteiger partial charge is 0.140 e. The van der Waals surface area contributed by atoms with Gasteiger partial charge in [0.2, 0.25) is 0 Å². The minimum atomic E-state index is 0.412. The molecule has 1 aliphatic rings. The molecule has 0 bridgehead atoms. The Labute approximate surface area is 190 Å². The fraction of sp³-hybridized carbons (Fsp3) is 0.385. The number of hydrogen-bond acceptors (Lipinski definition) is 5. The van der Waals surface area contributed by atoms with E-state index in [1.165, 1.54) is 42.4 Å². The molecule has 0 amide bonds. The number of benzene rings is 1. The average Bonchev–Trinajstić information content (AvgIpc) is 3.18. The van der Waals surface area contributed by atoms with Crippen LogP contribution in [0.5, 0.6) is 0 Å². The number of aromatic nitrogens is 2. The second-order valence-electron chi connectivity index (χ2n) is 8.32. The van der Waals surface area contributed by atoms with Crippen LogP contribution in [0, 0.1) is 23.2 Å². The summed E-state index contributed by atoms with van der Waals surface area (Å²) in [6.07, 6.45) is 4.10. The van der Waals surface area contributed by atoms with Gasteiger partial charge < -0.3 is 20.1 Å². The van der Waals surface area contributed by atoms with E-state index in [1.807, 2.05) is 12.1 Å². The number of aryl methyl sites for hydroxylation is 1. The fourth-order valence-corrected chi connectivity index (χ4v) is 4.20. The van der Waals surface area contributed by atoms with Gasteiger partial charge in [-0.1, -0.05) is 12.0 Å². The third-order valence-electron chi connectivity index (χ3n) is 6.07. The third-order valence-corrected chi connectivity index (χ3v) is 6.07. The maximum absolute atomic E-state index is 8.83. The molecule has 1 aliphatic heterocycles. The number of anilines is 1. The van der Waals surface area contributed by atoms with Crippen molar-refractivity contribution in [2.45, 2.75) is 38.9 Å². The summed E-state index contributed by atoms with van der Waals surface area (Å²) in [6, 6.07) is 15.1. The topological polar surface area (TPSA) is 68.9 Å². The monoisotopic (exact) mass is 426 g/mol. The number of hydrogen-bond donors (Lipinski definition) is 2. The number of likely N-dealkylation sites (tertiary alicyclic amines) is 1. The van der Waals surface area contributed by atoms with Crippen molar-refractivity contribution in [3.05, 3.63) is 59.5 Å². The van der Waals surface area contributed by atoms with Crippen LogP contribution >= 0.6 is 0 Å². The van der Waals surface area contributed by atoms with Gasteiger partial charge in [0.05, 0.1) is 24.1 Å². The van der Waals surface area contributed by atoms with Gasteiger partial charge in [0, 0.05) is 30.0 Å². The van der Waals surface area contributed by atoms with Crippen molar-refractivity contribution in [1.29, 1.82) is 5.26 Å². The first-order valence-electron chi connectivity index (χ1n) is 11.3. The van der Waals surface area contributed by atoms with E-state index in [0.717, 1.165) is 24.5 Å². The number of nitriles is 1. The zero-order chi connectivity index (χ0) is 22.3. The predicted octanol–water partition coefficient (Wildman–Crippen LogP) is 3.58. The van der Waals surface area contributed by atoms with Crippen molar-refractivity contribution < 1.29 is 0 Å². The van der Waals surface area contributed by atoms with E-state index in [4.69, 9.17) is 5.26 Å². The van der Waals surface area contributed by atoms with Crippen LogP contribution in [0.4, 0.5) is 5.69 Å². The number of piperidine rings is 1. The Morgan fingerprint density at radius 2 is 2.00 bits per heavy atom. The number of nitrogens with zero attached hydrogens (tertiary/aromatic N) is 4. The Kier molecular flexibility index (Phi) is 7.07. The molecule has 6 heteroatoms. The Balaban J connectivity index is 1.40. The second-order valence-corrected chi connectivity index (χ2v) is 8.32. The van der Waals surface area contributed by atoms with Crippen molar-refractivity contribution in [2.24, 2.45) is 0 Å². The minimum Gasteiger partial charge on any atom is -0.373 e. The SMILES string of the molecule is CCn1c(C#CCNc2ccc(C#N)nc2)cc2cc(CNC3CCN(C)CC3)ccc21. The standard InChI is InChI=1S/C26H30N6/c1-3-32-25(5-4-12-28-24-8-7-23(17-27)30-19-24)16-21-15-20(6-9-26(21)32)18-29-22-10-13-31(2)14-11-22/h6-9,15-16,19,22,28-29H,3,10-14,18H2,1-2H3. The van der Waals surface area contributed by atoms with E-state index in [-0.39, 0.29) is 0 Å². The molecular weight excluding hydrogens is 396 g/mol. The molecule has 0 saturated carbocycles. The van der Waals surface area contributed by atoms with Crippen LogP contribution in [0.2, 0.25) is 0 Å². The van der Waals surface area contributed by atoms with Crippen LogP contribution in [0.15, 0.2) is 42.6 Å². The molecule has 3 aromatic rings. The summed E-state index contributed by atoms with van der Waals surface area (Å²) in [5, 5.41) is 17.0. The first kappa shape index (κ1) is 21.9. The number of rotatable bonds is 6. The Hall–Kier alpha value is -3.32. The zero-order valence-corrected chi connectivity index (χ0v) is 18.9. The summed E-state index contributed by atoms with van der Waals surface area (Å²) in [6.45, 7) is 6.81. The molecule has 3 heterocycles. The van der Waals surface area contributed by atoms with E-state index in [9.17, 15) is 0 Å². The van der Waals surface area contributed by atoms with Gasteiger partial charge in [-0.2, -0.15) is 5.26 Å². The van der Waals surface area contributed by atoms with Crippen molar-refractivity contribution in [2.75, 3.05) is 32.0 Å². The summed E-state index contributed by atoms with van der Waals surface area (Å²) in [5.41, 5.74) is 4.84. The molecule has 0 unspecified atom stereocenters. The molecule has 0 radical (unpaired) electrons. The van der Waals surface area contributed by atoms with Gasteiger partial charge >= 0.3 is 0 Å². The van der Waals surface area contributed by atoms with Crippen molar-refractivity contribution in [3.8, 4) is 17.9 Å². The number of fused-ring (bicyclic) bond motifs is 1. The fourth-order valence-electron chi connectivity index (χ4n) is 4.20. The van der Waals surface area contributed by atoms with E-state index < -0.39 is 0 Å². The molecular formula is C26H30N6. The first-order chi connectivity index (χ1) is 15.7. The molecule has 1 saturated heterocycles. The molecule has 32 heavy (non-hydrogen) atoms. The largest absolute Gasteiger partial charge is 0.373 e.